The van der Waals surface area contributed by atoms with Crippen molar-refractivity contribution in [2.45, 2.75) is 32.6 Å². The highest BCUT2D eigenvalue weighted by atomic mass is 32.1. The lowest BCUT2D eigenvalue weighted by Gasteiger charge is -2.16. The van der Waals surface area contributed by atoms with Gasteiger partial charge >= 0.3 is 0 Å². The summed E-state index contributed by atoms with van der Waals surface area (Å²) in [5.41, 5.74) is 2.06. The van der Waals surface area contributed by atoms with E-state index in [1.54, 1.807) is 4.90 Å². The summed E-state index contributed by atoms with van der Waals surface area (Å²) in [5, 5.41) is 12.2. The molecule has 0 spiro atoms. The van der Waals surface area contributed by atoms with Crippen LogP contribution in [0.3, 0.4) is 0 Å². The number of nitrogens with zero attached hydrogens (tertiary/aromatic N) is 3. The average molecular weight is 374 g/mol. The van der Waals surface area contributed by atoms with Crippen molar-refractivity contribution in [2.75, 3.05) is 30.0 Å². The lowest BCUT2D eigenvalue weighted by atomic mass is 10.1. The number of amides is 2. The number of aromatic nitrogens is 2. The van der Waals surface area contributed by atoms with Crippen LogP contribution in [0.5, 0.6) is 0 Å². The van der Waals surface area contributed by atoms with Gasteiger partial charge in [-0.25, -0.2) is 0 Å². The second-order valence-electron chi connectivity index (χ2n) is 6.18. The van der Waals surface area contributed by atoms with E-state index in [1.165, 1.54) is 11.3 Å². The maximum Gasteiger partial charge on any atom is 0.228 e. The number of anilines is 2. The van der Waals surface area contributed by atoms with Crippen LogP contribution >= 0.6 is 11.3 Å². The van der Waals surface area contributed by atoms with Crippen LogP contribution in [-0.4, -0.2) is 41.8 Å². The summed E-state index contributed by atoms with van der Waals surface area (Å²) >= 11 is 1.33. The van der Waals surface area contributed by atoms with Gasteiger partial charge < -0.3 is 15.0 Å². The molecule has 1 saturated heterocycles. The van der Waals surface area contributed by atoms with Crippen molar-refractivity contribution < 1.29 is 14.3 Å². The lowest BCUT2D eigenvalue weighted by molar-refractivity contribution is -0.118. The minimum Gasteiger partial charge on any atom is -0.381 e. The normalized spacial score (nSPS) is 16.9. The molecule has 1 aliphatic heterocycles. The van der Waals surface area contributed by atoms with Crippen molar-refractivity contribution in [2.24, 2.45) is 0 Å². The van der Waals surface area contributed by atoms with Crippen LogP contribution < -0.4 is 10.2 Å². The molecule has 26 heavy (non-hydrogen) atoms. The van der Waals surface area contributed by atoms with Crippen LogP contribution in [-0.2, 0) is 14.3 Å². The summed E-state index contributed by atoms with van der Waals surface area (Å²) in [4.78, 5) is 26.0. The van der Waals surface area contributed by atoms with Gasteiger partial charge in [0.1, 0.15) is 5.01 Å². The predicted octanol–water partition coefficient (Wildman–Crippen LogP) is 2.73. The van der Waals surface area contributed by atoms with Gasteiger partial charge in [0, 0.05) is 31.2 Å². The number of hydrogen-bond acceptors (Lipinski definition) is 6. The minimum atomic E-state index is -0.148. The van der Waals surface area contributed by atoms with Crippen LogP contribution in [0.15, 0.2) is 24.3 Å². The van der Waals surface area contributed by atoms with Crippen molar-refractivity contribution in [1.29, 1.82) is 0 Å². The van der Waals surface area contributed by atoms with Gasteiger partial charge in [-0.15, -0.1) is 10.2 Å². The van der Waals surface area contributed by atoms with Gasteiger partial charge in [-0.2, -0.15) is 0 Å². The summed E-state index contributed by atoms with van der Waals surface area (Å²) in [6.45, 7) is 5.45. The van der Waals surface area contributed by atoms with E-state index < -0.39 is 0 Å². The fourth-order valence-electron chi connectivity index (χ4n) is 2.79. The fourth-order valence-corrected chi connectivity index (χ4v) is 3.64. The fraction of sp³-hybridized carbons (Fsp3) is 0.444. The highest BCUT2D eigenvalue weighted by Crippen LogP contribution is 2.34. The number of carbonyl (C=O) groups excluding carboxylic acids is 2. The molecule has 2 aromatic rings. The summed E-state index contributed by atoms with van der Waals surface area (Å²) in [6.07, 6.45) is 0.687. The molecule has 1 N–H and O–H groups in total. The summed E-state index contributed by atoms with van der Waals surface area (Å²) < 4.78 is 5.16. The van der Waals surface area contributed by atoms with Crippen molar-refractivity contribution in [3.8, 4) is 0 Å². The number of nitrogens with one attached hydrogen (secondary N) is 1. The van der Waals surface area contributed by atoms with Crippen molar-refractivity contribution in [3.63, 3.8) is 0 Å². The molecule has 1 atom stereocenters. The van der Waals surface area contributed by atoms with Gasteiger partial charge in [-0.3, -0.25) is 9.59 Å². The Hall–Kier alpha value is -2.32. The number of ether oxygens (including phenoxy) is 1. The van der Waals surface area contributed by atoms with Crippen LogP contribution in [0.25, 0.3) is 0 Å². The third kappa shape index (κ3) is 4.44. The molecular weight excluding hydrogens is 352 g/mol. The van der Waals surface area contributed by atoms with Crippen molar-refractivity contribution >= 4 is 34.0 Å². The largest absolute Gasteiger partial charge is 0.381 e. The van der Waals surface area contributed by atoms with Crippen LogP contribution in [0, 0.1) is 6.92 Å². The number of aryl methyl sites for hydroxylation is 1. The highest BCUT2D eigenvalue weighted by Gasteiger charge is 2.33. The van der Waals surface area contributed by atoms with Gasteiger partial charge in [0.05, 0.1) is 13.0 Å². The standard InChI is InChI=1S/C18H22N4O3S/c1-3-25-9-8-15(23)19-18-21-20-17(26-18)13-10-16(24)22(11-13)14-6-4-12(2)5-7-14/h4-7,13H,3,8-11H2,1-2H3,(H,19,21,23)/t13-/m0/s1. The van der Waals surface area contributed by atoms with E-state index in [1.807, 2.05) is 38.1 Å². The molecule has 3 rings (SSSR count). The molecular formula is C18H22N4O3S. The molecule has 1 fully saturated rings. The van der Waals surface area contributed by atoms with Gasteiger partial charge in [-0.05, 0) is 26.0 Å². The Morgan fingerprint density at radius 2 is 2.12 bits per heavy atom. The summed E-state index contributed by atoms with van der Waals surface area (Å²) in [6, 6.07) is 7.91. The maximum absolute atomic E-state index is 12.4. The Bertz CT molecular complexity index is 775. The molecule has 8 heteroatoms. The minimum absolute atomic E-state index is 0.00428. The molecule has 1 aromatic heterocycles. The van der Waals surface area contributed by atoms with Crippen LogP contribution in [0.1, 0.15) is 36.3 Å². The molecule has 1 aromatic carbocycles. The quantitative estimate of drug-likeness (QED) is 0.753. The first-order valence-corrected chi connectivity index (χ1v) is 9.46. The van der Waals surface area contributed by atoms with Crippen molar-refractivity contribution in [3.05, 3.63) is 34.8 Å². The van der Waals surface area contributed by atoms with E-state index in [-0.39, 0.29) is 24.2 Å². The molecule has 2 heterocycles. The Balaban J connectivity index is 1.60. The van der Waals surface area contributed by atoms with Crippen LogP contribution in [0.4, 0.5) is 10.8 Å². The summed E-state index contributed by atoms with van der Waals surface area (Å²) in [7, 11) is 0. The lowest BCUT2D eigenvalue weighted by Crippen LogP contribution is -2.24. The van der Waals surface area contributed by atoms with Gasteiger partial charge in [-0.1, -0.05) is 29.0 Å². The first-order chi connectivity index (χ1) is 12.6. The van der Waals surface area contributed by atoms with Gasteiger partial charge in [0.2, 0.25) is 16.9 Å². The molecule has 0 unspecified atom stereocenters. The van der Waals surface area contributed by atoms with Gasteiger partial charge in [0.25, 0.3) is 0 Å². The molecule has 138 valence electrons. The average Bonchev–Trinajstić information content (AvgIpc) is 3.22. The third-order valence-electron chi connectivity index (χ3n) is 4.18. The highest BCUT2D eigenvalue weighted by molar-refractivity contribution is 7.15. The Labute approximate surface area is 156 Å². The number of rotatable bonds is 7. The van der Waals surface area contributed by atoms with E-state index in [9.17, 15) is 9.59 Å². The third-order valence-corrected chi connectivity index (χ3v) is 5.19. The van der Waals surface area contributed by atoms with E-state index in [2.05, 4.69) is 15.5 Å². The second-order valence-corrected chi connectivity index (χ2v) is 7.19. The number of benzene rings is 1. The molecule has 0 saturated carbocycles. The molecule has 7 nitrogen and oxygen atoms in total. The predicted molar refractivity (Wildman–Crippen MR) is 101 cm³/mol. The van der Waals surface area contributed by atoms with E-state index in [0.29, 0.717) is 31.3 Å². The monoisotopic (exact) mass is 374 g/mol. The second kappa shape index (κ2) is 8.37. The Morgan fingerprint density at radius 3 is 2.85 bits per heavy atom. The van der Waals surface area contributed by atoms with Crippen molar-refractivity contribution in [1.82, 2.24) is 10.2 Å². The zero-order valence-electron chi connectivity index (χ0n) is 14.9. The number of carbonyl (C=O) groups is 2. The van der Waals surface area contributed by atoms with E-state index >= 15 is 0 Å². The Morgan fingerprint density at radius 1 is 1.35 bits per heavy atom. The molecule has 0 radical (unpaired) electrons. The first kappa shape index (κ1) is 18.5. The maximum atomic E-state index is 12.4. The molecule has 0 bridgehead atoms. The Kier molecular flexibility index (Phi) is 5.95. The van der Waals surface area contributed by atoms with E-state index in [4.69, 9.17) is 4.74 Å². The zero-order chi connectivity index (χ0) is 18.5. The molecule has 1 aliphatic rings. The molecule has 2 amide bonds. The summed E-state index contributed by atoms with van der Waals surface area (Å²) in [5.74, 6) is -0.0725. The molecule has 0 aliphatic carbocycles. The first-order valence-electron chi connectivity index (χ1n) is 8.65. The SMILES string of the molecule is CCOCCC(=O)Nc1nnc([C@H]2CC(=O)N(c3ccc(C)cc3)C2)s1. The van der Waals surface area contributed by atoms with Crippen LogP contribution in [0.2, 0.25) is 0 Å². The number of hydrogen-bond donors (Lipinski definition) is 1. The van der Waals surface area contributed by atoms with E-state index in [0.717, 1.165) is 16.3 Å². The smallest absolute Gasteiger partial charge is 0.228 e. The van der Waals surface area contributed by atoms with Gasteiger partial charge in [0.15, 0.2) is 0 Å². The zero-order valence-corrected chi connectivity index (χ0v) is 15.7. The topological polar surface area (TPSA) is 84.4 Å².